The van der Waals surface area contributed by atoms with Crippen molar-refractivity contribution in [2.45, 2.75) is 37.4 Å². The van der Waals surface area contributed by atoms with Crippen molar-refractivity contribution in [1.82, 2.24) is 14.8 Å². The fraction of sp³-hybridized carbons (Fsp3) is 0.333. The molecular formula is C21H25N3O12P2. The first-order chi connectivity index (χ1) is 17.8. The number of pyridine rings is 1. The van der Waals surface area contributed by atoms with Crippen LogP contribution in [-0.2, 0) is 34.0 Å². The SMILES string of the molecule is O=C1C=CN([C@@H]2O[C@H](COP(=O)(O)OP(=O)(O)O)C(O)C2O)C(O)N1Cc1cccc(-c2ccccc2)n1. The van der Waals surface area contributed by atoms with E-state index in [1.54, 1.807) is 18.2 Å². The Morgan fingerprint density at radius 3 is 2.37 bits per heavy atom. The summed E-state index contributed by atoms with van der Waals surface area (Å²) in [7, 11) is -10.6. The minimum Gasteiger partial charge on any atom is -0.387 e. The van der Waals surface area contributed by atoms with Crippen LogP contribution in [0.25, 0.3) is 11.3 Å². The Morgan fingerprint density at radius 2 is 1.68 bits per heavy atom. The standard InChI is InChI=1S/C21H25N3O12P2/c25-17-9-10-23(20-19(27)18(26)16(35-20)12-34-38(32,33)36-37(29,30)31)21(28)24(17)11-14-7-4-8-15(22-14)13-5-2-1-3-6-13/h1-10,16,18-21,26-28H,11-12H2,(H,32,33)(H2,29,30,31)/t16-,18?,19?,20-,21?/m1/s1. The van der Waals surface area contributed by atoms with E-state index in [1.165, 1.54) is 0 Å². The van der Waals surface area contributed by atoms with Crippen LogP contribution >= 0.6 is 15.6 Å². The number of carbonyl (C=O) groups excluding carboxylic acids is 1. The summed E-state index contributed by atoms with van der Waals surface area (Å²) in [5.41, 5.74) is 1.96. The van der Waals surface area contributed by atoms with Gasteiger partial charge in [-0.1, -0.05) is 36.4 Å². The summed E-state index contributed by atoms with van der Waals surface area (Å²) in [5, 5.41) is 31.8. The van der Waals surface area contributed by atoms with Gasteiger partial charge in [-0.3, -0.25) is 19.2 Å². The van der Waals surface area contributed by atoms with Crippen LogP contribution in [0.1, 0.15) is 5.69 Å². The molecule has 0 aliphatic carbocycles. The van der Waals surface area contributed by atoms with E-state index in [2.05, 4.69) is 13.8 Å². The molecule has 1 amide bonds. The molecule has 1 fully saturated rings. The molecule has 1 aromatic heterocycles. The normalized spacial score (nSPS) is 27.5. The second-order valence-corrected chi connectivity index (χ2v) is 11.2. The number of phosphoric ester groups is 1. The summed E-state index contributed by atoms with van der Waals surface area (Å²) in [5.74, 6) is -0.565. The van der Waals surface area contributed by atoms with Crippen molar-refractivity contribution in [3.05, 3.63) is 66.5 Å². The van der Waals surface area contributed by atoms with E-state index in [9.17, 15) is 34.1 Å². The summed E-state index contributed by atoms with van der Waals surface area (Å²) in [6.45, 7) is -1.03. The Labute approximate surface area is 216 Å². The average molecular weight is 573 g/mol. The minimum atomic E-state index is -5.36. The highest BCUT2D eigenvalue weighted by Gasteiger charge is 2.49. The molecule has 0 bridgehead atoms. The molecule has 2 aliphatic rings. The summed E-state index contributed by atoms with van der Waals surface area (Å²) in [6.07, 6.45) is -5.70. The van der Waals surface area contributed by atoms with Crippen LogP contribution in [0.15, 0.2) is 60.8 Å². The van der Waals surface area contributed by atoms with Crippen LogP contribution in [0.5, 0.6) is 0 Å². The first kappa shape index (κ1) is 28.5. The molecule has 17 heteroatoms. The highest BCUT2D eigenvalue weighted by Crippen LogP contribution is 2.57. The van der Waals surface area contributed by atoms with E-state index in [-0.39, 0.29) is 6.54 Å². The lowest BCUT2D eigenvalue weighted by atomic mass is 10.1. The number of phosphoric acid groups is 2. The number of aromatic nitrogens is 1. The maximum Gasteiger partial charge on any atom is 0.481 e. The summed E-state index contributed by atoms with van der Waals surface area (Å²) < 4.78 is 36.1. The quantitative estimate of drug-likeness (QED) is 0.215. The highest BCUT2D eigenvalue weighted by atomic mass is 31.3. The lowest BCUT2D eigenvalue weighted by Crippen LogP contribution is -2.57. The van der Waals surface area contributed by atoms with Crippen LogP contribution in [0.3, 0.4) is 0 Å². The molecule has 38 heavy (non-hydrogen) atoms. The third-order valence-corrected chi connectivity index (χ3v) is 7.82. The van der Waals surface area contributed by atoms with Gasteiger partial charge in [0.25, 0.3) is 5.91 Å². The van der Waals surface area contributed by atoms with E-state index >= 15 is 0 Å². The van der Waals surface area contributed by atoms with Gasteiger partial charge in [-0.15, -0.1) is 0 Å². The Hall–Kier alpha value is -2.52. The van der Waals surface area contributed by atoms with Crippen LogP contribution in [0.4, 0.5) is 0 Å². The molecular weight excluding hydrogens is 548 g/mol. The lowest BCUT2D eigenvalue weighted by molar-refractivity contribution is -0.192. The van der Waals surface area contributed by atoms with E-state index in [4.69, 9.17) is 14.5 Å². The molecule has 3 heterocycles. The van der Waals surface area contributed by atoms with E-state index in [0.717, 1.165) is 27.6 Å². The fourth-order valence-electron chi connectivity index (χ4n) is 3.92. The highest BCUT2D eigenvalue weighted by molar-refractivity contribution is 7.60. The summed E-state index contributed by atoms with van der Waals surface area (Å²) >= 11 is 0. The van der Waals surface area contributed by atoms with Crippen molar-refractivity contribution < 1.29 is 57.5 Å². The molecule has 2 aromatic rings. The number of hydrogen-bond donors (Lipinski definition) is 6. The van der Waals surface area contributed by atoms with Gasteiger partial charge in [-0.2, -0.15) is 4.31 Å². The van der Waals surface area contributed by atoms with Gasteiger partial charge in [-0.25, -0.2) is 9.13 Å². The van der Waals surface area contributed by atoms with E-state index in [1.807, 2.05) is 30.3 Å². The van der Waals surface area contributed by atoms with Crippen molar-refractivity contribution in [2.75, 3.05) is 6.61 Å². The zero-order valence-electron chi connectivity index (χ0n) is 19.4. The largest absolute Gasteiger partial charge is 0.481 e. The molecule has 4 unspecified atom stereocenters. The maximum atomic E-state index is 12.6. The molecule has 0 spiro atoms. The summed E-state index contributed by atoms with van der Waals surface area (Å²) in [4.78, 5) is 46.0. The molecule has 6 atom stereocenters. The molecule has 0 saturated carbocycles. The second-order valence-electron chi connectivity index (χ2n) is 8.34. The predicted molar refractivity (Wildman–Crippen MR) is 127 cm³/mol. The Bertz CT molecular complexity index is 1280. The molecule has 1 saturated heterocycles. The summed E-state index contributed by atoms with van der Waals surface area (Å²) in [6, 6.07) is 14.5. The van der Waals surface area contributed by atoms with Gasteiger partial charge < -0.3 is 39.6 Å². The third kappa shape index (κ3) is 6.72. The van der Waals surface area contributed by atoms with Crippen molar-refractivity contribution in [2.24, 2.45) is 0 Å². The number of aliphatic hydroxyl groups excluding tert-OH is 3. The van der Waals surface area contributed by atoms with Crippen LogP contribution in [0.2, 0.25) is 0 Å². The first-order valence-corrected chi connectivity index (χ1v) is 14.1. The first-order valence-electron chi connectivity index (χ1n) is 11.1. The Balaban J connectivity index is 1.45. The Kier molecular flexibility index (Phi) is 8.47. The number of aliphatic hydroxyl groups is 3. The van der Waals surface area contributed by atoms with Crippen LogP contribution in [-0.4, -0.2) is 88.2 Å². The zero-order valence-corrected chi connectivity index (χ0v) is 21.2. The van der Waals surface area contributed by atoms with Crippen molar-refractivity contribution in [3.8, 4) is 11.3 Å². The predicted octanol–water partition coefficient (Wildman–Crippen LogP) is -0.145. The van der Waals surface area contributed by atoms with Crippen molar-refractivity contribution >= 4 is 21.6 Å². The molecule has 2 aliphatic heterocycles. The molecule has 206 valence electrons. The van der Waals surface area contributed by atoms with Gasteiger partial charge in [-0.05, 0) is 12.1 Å². The lowest BCUT2D eigenvalue weighted by Gasteiger charge is -2.41. The number of amides is 1. The van der Waals surface area contributed by atoms with Gasteiger partial charge in [0.05, 0.1) is 24.5 Å². The van der Waals surface area contributed by atoms with Gasteiger partial charge in [0.1, 0.15) is 18.3 Å². The molecule has 1 aromatic carbocycles. The minimum absolute atomic E-state index is 0.118. The number of hydrogen-bond acceptors (Lipinski definition) is 11. The number of benzene rings is 1. The topological polar surface area (TPSA) is 220 Å². The van der Waals surface area contributed by atoms with Crippen molar-refractivity contribution in [1.29, 1.82) is 0 Å². The fourth-order valence-corrected chi connectivity index (χ4v) is 5.52. The van der Waals surface area contributed by atoms with Gasteiger partial charge in [0.15, 0.2) is 6.23 Å². The second kappa shape index (κ2) is 11.3. The van der Waals surface area contributed by atoms with Gasteiger partial charge in [0, 0.05) is 17.8 Å². The van der Waals surface area contributed by atoms with Crippen LogP contribution in [0, 0.1) is 0 Å². The maximum absolute atomic E-state index is 12.6. The molecule has 0 radical (unpaired) electrons. The zero-order chi connectivity index (χ0) is 27.7. The molecule has 4 rings (SSSR count). The smallest absolute Gasteiger partial charge is 0.387 e. The number of nitrogens with zero attached hydrogens (tertiary/aromatic N) is 3. The molecule has 6 N–H and O–H groups in total. The van der Waals surface area contributed by atoms with Gasteiger partial charge in [0.2, 0.25) is 6.35 Å². The van der Waals surface area contributed by atoms with Crippen LogP contribution < -0.4 is 0 Å². The number of carbonyl (C=O) groups is 1. The van der Waals surface area contributed by atoms with Crippen molar-refractivity contribution in [3.63, 3.8) is 0 Å². The molecule has 15 nitrogen and oxygen atoms in total. The Morgan fingerprint density at radius 1 is 0.974 bits per heavy atom. The average Bonchev–Trinajstić information content (AvgIpc) is 3.13. The third-order valence-electron chi connectivity index (χ3n) is 5.67. The number of rotatable bonds is 9. The van der Waals surface area contributed by atoms with E-state index in [0.29, 0.717) is 11.4 Å². The van der Waals surface area contributed by atoms with E-state index < -0.39 is 59.1 Å². The monoisotopic (exact) mass is 573 g/mol. The van der Waals surface area contributed by atoms with Gasteiger partial charge >= 0.3 is 15.6 Å². The number of ether oxygens (including phenoxy) is 1.